The van der Waals surface area contributed by atoms with Gasteiger partial charge in [0.05, 0.1) is 0 Å². The molecule has 1 nitrogen and oxygen atoms in total. The molecule has 2 heteroatoms. The number of unbranched alkanes of at least 4 members (excludes halogenated alkanes) is 1. The summed E-state index contributed by atoms with van der Waals surface area (Å²) in [6, 6.07) is 6.38. The highest BCUT2D eigenvalue weighted by Crippen LogP contribution is 2.17. The third kappa shape index (κ3) is 4.11. The molecule has 0 aliphatic heterocycles. The van der Waals surface area contributed by atoms with Gasteiger partial charge in [0.25, 0.3) is 0 Å². The first-order valence-corrected chi connectivity index (χ1v) is 5.09. The van der Waals surface area contributed by atoms with Gasteiger partial charge in [0, 0.05) is 6.04 Å². The van der Waals surface area contributed by atoms with E-state index in [4.69, 9.17) is 5.73 Å². The number of benzene rings is 1. The first-order chi connectivity index (χ1) is 7.24. The number of halogens is 1. The van der Waals surface area contributed by atoms with Crippen LogP contribution in [0.1, 0.15) is 30.9 Å². The van der Waals surface area contributed by atoms with E-state index in [1.807, 2.05) is 12.1 Å². The molecular formula is C13H16FN. The fourth-order valence-corrected chi connectivity index (χ4v) is 1.45. The van der Waals surface area contributed by atoms with E-state index in [9.17, 15) is 4.39 Å². The van der Waals surface area contributed by atoms with Crippen molar-refractivity contribution >= 4 is 0 Å². The summed E-state index contributed by atoms with van der Waals surface area (Å²) < 4.78 is 12.9. The fraction of sp³-hybridized carbons (Fsp3) is 0.308. The van der Waals surface area contributed by atoms with E-state index < -0.39 is 0 Å². The standard InChI is InChI=1S/C13H16FN/c1-2-3-4-5-9-13(15)11-7-6-8-12(14)10-11/h3,6-8,10,13H,1,4-5,9,15H2. The van der Waals surface area contributed by atoms with Gasteiger partial charge in [-0.15, -0.1) is 5.73 Å². The van der Waals surface area contributed by atoms with Crippen LogP contribution in [0.3, 0.4) is 0 Å². The normalized spacial score (nSPS) is 11.9. The number of nitrogens with two attached hydrogens (primary N) is 1. The summed E-state index contributed by atoms with van der Waals surface area (Å²) in [5.74, 6) is -0.228. The number of allylic oxidation sites excluding steroid dienone is 1. The van der Waals surface area contributed by atoms with Gasteiger partial charge in [-0.3, -0.25) is 0 Å². The minimum Gasteiger partial charge on any atom is -0.324 e. The second-order valence-electron chi connectivity index (χ2n) is 3.50. The predicted molar refractivity (Wildman–Crippen MR) is 60.9 cm³/mol. The van der Waals surface area contributed by atoms with Crippen LogP contribution in [-0.4, -0.2) is 0 Å². The minimum atomic E-state index is -0.228. The van der Waals surface area contributed by atoms with Gasteiger partial charge in [0.2, 0.25) is 0 Å². The largest absolute Gasteiger partial charge is 0.324 e. The Hall–Kier alpha value is -1.37. The Morgan fingerprint density at radius 3 is 3.00 bits per heavy atom. The van der Waals surface area contributed by atoms with Crippen molar-refractivity contribution in [2.45, 2.75) is 25.3 Å². The number of hydrogen-bond acceptors (Lipinski definition) is 1. The highest BCUT2D eigenvalue weighted by molar-refractivity contribution is 5.19. The van der Waals surface area contributed by atoms with Gasteiger partial charge in [-0.05, 0) is 43.0 Å². The maximum absolute atomic E-state index is 12.9. The van der Waals surface area contributed by atoms with Gasteiger partial charge in [-0.25, -0.2) is 4.39 Å². The molecule has 1 aromatic rings. The maximum atomic E-state index is 12.9. The second-order valence-corrected chi connectivity index (χ2v) is 3.50. The summed E-state index contributed by atoms with van der Waals surface area (Å²) in [6.07, 6.45) is 4.63. The first-order valence-electron chi connectivity index (χ1n) is 5.09. The lowest BCUT2D eigenvalue weighted by Gasteiger charge is -2.10. The van der Waals surface area contributed by atoms with Crippen molar-refractivity contribution in [3.63, 3.8) is 0 Å². The highest BCUT2D eigenvalue weighted by Gasteiger charge is 2.05. The Balaban J connectivity index is 2.46. The summed E-state index contributed by atoms with van der Waals surface area (Å²) in [5, 5.41) is 0. The zero-order chi connectivity index (χ0) is 11.1. The molecule has 0 spiro atoms. The van der Waals surface area contributed by atoms with E-state index in [0.717, 1.165) is 24.8 Å². The van der Waals surface area contributed by atoms with E-state index in [0.29, 0.717) is 0 Å². The van der Waals surface area contributed by atoms with Crippen LogP contribution in [0.2, 0.25) is 0 Å². The van der Waals surface area contributed by atoms with Crippen LogP contribution in [-0.2, 0) is 0 Å². The van der Waals surface area contributed by atoms with Crippen LogP contribution in [0.4, 0.5) is 4.39 Å². The summed E-state index contributed by atoms with van der Waals surface area (Å²) >= 11 is 0. The lowest BCUT2D eigenvalue weighted by atomic mass is 10.0. The van der Waals surface area contributed by atoms with E-state index in [1.165, 1.54) is 12.1 Å². The van der Waals surface area contributed by atoms with Crippen molar-refractivity contribution in [3.8, 4) is 0 Å². The van der Waals surface area contributed by atoms with Crippen LogP contribution < -0.4 is 5.73 Å². The van der Waals surface area contributed by atoms with Crippen molar-refractivity contribution in [2.24, 2.45) is 5.73 Å². The van der Waals surface area contributed by atoms with Gasteiger partial charge < -0.3 is 5.73 Å². The van der Waals surface area contributed by atoms with E-state index in [-0.39, 0.29) is 11.9 Å². The Bertz CT molecular complexity index is 353. The third-order valence-corrected chi connectivity index (χ3v) is 2.28. The van der Waals surface area contributed by atoms with E-state index in [2.05, 4.69) is 12.3 Å². The minimum absolute atomic E-state index is 0.0843. The monoisotopic (exact) mass is 205 g/mol. The Morgan fingerprint density at radius 2 is 2.33 bits per heavy atom. The molecule has 0 fully saturated rings. The molecule has 0 aliphatic carbocycles. The van der Waals surface area contributed by atoms with Crippen molar-refractivity contribution in [3.05, 3.63) is 54.0 Å². The smallest absolute Gasteiger partial charge is 0.123 e. The average Bonchev–Trinajstić information content (AvgIpc) is 2.24. The van der Waals surface area contributed by atoms with Gasteiger partial charge in [-0.1, -0.05) is 18.7 Å². The zero-order valence-electron chi connectivity index (χ0n) is 8.75. The zero-order valence-corrected chi connectivity index (χ0v) is 8.75. The molecule has 15 heavy (non-hydrogen) atoms. The predicted octanol–water partition coefficient (Wildman–Crippen LogP) is 3.34. The molecule has 1 unspecified atom stereocenters. The van der Waals surface area contributed by atoms with Gasteiger partial charge in [-0.2, -0.15) is 0 Å². The fourth-order valence-electron chi connectivity index (χ4n) is 1.45. The van der Waals surface area contributed by atoms with Crippen LogP contribution in [0.15, 0.2) is 42.7 Å². The molecule has 80 valence electrons. The SMILES string of the molecule is C=C=CCCCC(N)c1cccc(F)c1. The molecule has 1 aromatic carbocycles. The third-order valence-electron chi connectivity index (χ3n) is 2.28. The second kappa shape index (κ2) is 6.18. The molecule has 1 rings (SSSR count). The first kappa shape index (κ1) is 11.7. The van der Waals surface area contributed by atoms with Crippen LogP contribution >= 0.6 is 0 Å². The summed E-state index contributed by atoms with van der Waals surface area (Å²) in [4.78, 5) is 0. The molecule has 0 bridgehead atoms. The van der Waals surface area contributed by atoms with Crippen LogP contribution in [0.25, 0.3) is 0 Å². The molecule has 0 saturated carbocycles. The number of rotatable bonds is 5. The van der Waals surface area contributed by atoms with Gasteiger partial charge >= 0.3 is 0 Å². The maximum Gasteiger partial charge on any atom is 0.123 e. The molecule has 0 saturated heterocycles. The number of hydrogen-bond donors (Lipinski definition) is 1. The van der Waals surface area contributed by atoms with Crippen molar-refractivity contribution in [2.75, 3.05) is 0 Å². The highest BCUT2D eigenvalue weighted by atomic mass is 19.1. The summed E-state index contributed by atoms with van der Waals surface area (Å²) in [6.45, 7) is 3.49. The molecule has 0 heterocycles. The Kier molecular flexibility index (Phi) is 4.82. The van der Waals surface area contributed by atoms with Gasteiger partial charge in [0.1, 0.15) is 5.82 Å². The lowest BCUT2D eigenvalue weighted by Crippen LogP contribution is -2.10. The summed E-state index contributed by atoms with van der Waals surface area (Å²) in [5.41, 5.74) is 9.50. The molecule has 1 atom stereocenters. The molecule has 0 amide bonds. The van der Waals surface area contributed by atoms with Gasteiger partial charge in [0.15, 0.2) is 0 Å². The molecule has 0 radical (unpaired) electrons. The molecule has 0 aliphatic rings. The van der Waals surface area contributed by atoms with Crippen molar-refractivity contribution in [1.29, 1.82) is 0 Å². The van der Waals surface area contributed by atoms with Crippen LogP contribution in [0.5, 0.6) is 0 Å². The van der Waals surface area contributed by atoms with Crippen molar-refractivity contribution in [1.82, 2.24) is 0 Å². The quantitative estimate of drug-likeness (QED) is 0.579. The van der Waals surface area contributed by atoms with Crippen molar-refractivity contribution < 1.29 is 4.39 Å². The Morgan fingerprint density at radius 1 is 1.53 bits per heavy atom. The average molecular weight is 205 g/mol. The van der Waals surface area contributed by atoms with E-state index >= 15 is 0 Å². The van der Waals surface area contributed by atoms with E-state index in [1.54, 1.807) is 6.07 Å². The lowest BCUT2D eigenvalue weighted by molar-refractivity contribution is 0.596. The Labute approximate surface area is 90.1 Å². The summed E-state index contributed by atoms with van der Waals surface area (Å²) in [7, 11) is 0. The topological polar surface area (TPSA) is 26.0 Å². The van der Waals surface area contributed by atoms with Crippen LogP contribution in [0, 0.1) is 5.82 Å². The molecular weight excluding hydrogens is 189 g/mol. The molecule has 2 N–H and O–H groups in total. The molecule has 0 aromatic heterocycles.